The molecule has 0 atom stereocenters. The normalized spacial score (nSPS) is 11.1. The summed E-state index contributed by atoms with van der Waals surface area (Å²) in [5, 5.41) is 0. The van der Waals surface area contributed by atoms with Gasteiger partial charge in [-0.05, 0) is 31.0 Å². The molecule has 34 heavy (non-hydrogen) atoms. The number of anilines is 1. The Hall–Kier alpha value is -0.930. The molecule has 3 nitrogen and oxygen atoms in total. The van der Waals surface area contributed by atoms with Gasteiger partial charge in [-0.25, -0.2) is 4.79 Å². The highest BCUT2D eigenvalue weighted by Crippen LogP contribution is 2.23. The molecule has 0 aromatic heterocycles. The van der Waals surface area contributed by atoms with Crippen LogP contribution in [0.1, 0.15) is 119 Å². The van der Waals surface area contributed by atoms with Crippen LogP contribution in [0.25, 0.3) is 0 Å². The molecular formula is C29H49Cl2NO2. The topological polar surface area (TPSA) is 29.5 Å². The Morgan fingerprint density at radius 1 is 0.765 bits per heavy atom. The minimum Gasteiger partial charge on any atom is -0.462 e. The zero-order valence-corrected chi connectivity index (χ0v) is 23.4. The lowest BCUT2D eigenvalue weighted by Crippen LogP contribution is -2.28. The molecule has 5 heteroatoms. The number of halogens is 2. The summed E-state index contributed by atoms with van der Waals surface area (Å²) >= 11 is 11.9. The SMILES string of the molecule is CCCCCCCCCCCCCCCCCOC(=O)c1ccc(C)c(N(CCCl)CCCl)c1. The van der Waals surface area contributed by atoms with Crippen LogP contribution in [0, 0.1) is 6.92 Å². The molecule has 0 bridgehead atoms. The molecule has 1 aromatic carbocycles. The maximum absolute atomic E-state index is 12.5. The van der Waals surface area contributed by atoms with Gasteiger partial charge >= 0.3 is 5.97 Å². The van der Waals surface area contributed by atoms with Gasteiger partial charge in [-0.1, -0.05) is 103 Å². The number of ether oxygens (including phenoxy) is 1. The van der Waals surface area contributed by atoms with Crippen molar-refractivity contribution in [1.29, 1.82) is 0 Å². The van der Waals surface area contributed by atoms with Crippen LogP contribution < -0.4 is 4.90 Å². The largest absolute Gasteiger partial charge is 0.462 e. The molecule has 0 saturated heterocycles. The van der Waals surface area contributed by atoms with Crippen LogP contribution >= 0.6 is 23.2 Å². The Balaban J connectivity index is 2.10. The average molecular weight is 515 g/mol. The fourth-order valence-corrected chi connectivity index (χ4v) is 4.76. The Labute approximate surface area is 219 Å². The lowest BCUT2D eigenvalue weighted by molar-refractivity contribution is 0.0497. The average Bonchev–Trinajstić information content (AvgIpc) is 2.84. The second-order valence-corrected chi connectivity index (χ2v) is 10.2. The smallest absolute Gasteiger partial charge is 0.338 e. The zero-order chi connectivity index (χ0) is 24.9. The van der Waals surface area contributed by atoms with Crippen molar-refractivity contribution in [3.05, 3.63) is 29.3 Å². The van der Waals surface area contributed by atoms with E-state index in [4.69, 9.17) is 27.9 Å². The van der Waals surface area contributed by atoms with Crippen LogP contribution in [0.15, 0.2) is 18.2 Å². The molecule has 0 spiro atoms. The standard InChI is InChI=1S/C29H49Cl2NO2/c1-3-4-5-6-7-8-9-10-11-12-13-14-15-16-17-24-34-29(33)27-19-18-26(2)28(25-27)32(22-20-30)23-21-31/h18-19,25H,3-17,20-24H2,1-2H3. The highest BCUT2D eigenvalue weighted by Gasteiger charge is 2.13. The number of alkyl halides is 2. The Morgan fingerprint density at radius 3 is 1.71 bits per heavy atom. The van der Waals surface area contributed by atoms with E-state index in [9.17, 15) is 4.79 Å². The number of aryl methyl sites for hydroxylation is 1. The predicted molar refractivity (Wildman–Crippen MR) is 150 cm³/mol. The summed E-state index contributed by atoms with van der Waals surface area (Å²) in [5.74, 6) is 0.789. The predicted octanol–water partition coefficient (Wildman–Crippen LogP) is 9.31. The van der Waals surface area contributed by atoms with Crippen molar-refractivity contribution in [3.63, 3.8) is 0 Å². The van der Waals surface area contributed by atoms with Gasteiger partial charge in [-0.3, -0.25) is 0 Å². The van der Waals surface area contributed by atoms with Gasteiger partial charge < -0.3 is 9.64 Å². The molecule has 0 heterocycles. The van der Waals surface area contributed by atoms with E-state index >= 15 is 0 Å². The molecule has 196 valence electrons. The third kappa shape index (κ3) is 14.5. The Bertz CT molecular complexity index is 633. The van der Waals surface area contributed by atoms with Gasteiger partial charge in [0, 0.05) is 30.5 Å². The molecule has 0 fully saturated rings. The van der Waals surface area contributed by atoms with Crippen molar-refractivity contribution < 1.29 is 9.53 Å². The quantitative estimate of drug-likeness (QED) is 0.0877. The highest BCUT2D eigenvalue weighted by molar-refractivity contribution is 6.18. The minimum atomic E-state index is -0.247. The number of esters is 1. The van der Waals surface area contributed by atoms with E-state index in [1.54, 1.807) is 0 Å². The summed E-state index contributed by atoms with van der Waals surface area (Å²) in [6, 6.07) is 5.71. The zero-order valence-electron chi connectivity index (χ0n) is 21.9. The van der Waals surface area contributed by atoms with Gasteiger partial charge in [0.2, 0.25) is 0 Å². The third-order valence-electron chi connectivity index (χ3n) is 6.48. The van der Waals surface area contributed by atoms with E-state index in [0.29, 0.717) is 37.0 Å². The lowest BCUT2D eigenvalue weighted by atomic mass is 10.0. The van der Waals surface area contributed by atoms with Crippen LogP contribution in [-0.4, -0.2) is 37.4 Å². The summed E-state index contributed by atoms with van der Waals surface area (Å²) in [6.45, 7) is 6.21. The van der Waals surface area contributed by atoms with Crippen LogP contribution in [-0.2, 0) is 4.74 Å². The molecule has 1 rings (SSSR count). The van der Waals surface area contributed by atoms with E-state index in [1.807, 2.05) is 25.1 Å². The van der Waals surface area contributed by atoms with E-state index in [2.05, 4.69) is 11.8 Å². The first-order chi connectivity index (χ1) is 16.6. The number of nitrogens with zero attached hydrogens (tertiary/aromatic N) is 1. The minimum absolute atomic E-state index is 0.247. The number of hydrogen-bond donors (Lipinski definition) is 0. The third-order valence-corrected chi connectivity index (χ3v) is 6.81. The highest BCUT2D eigenvalue weighted by atomic mass is 35.5. The van der Waals surface area contributed by atoms with Crippen LogP contribution in [0.3, 0.4) is 0 Å². The number of benzene rings is 1. The van der Waals surface area contributed by atoms with E-state index in [1.165, 1.54) is 83.5 Å². The number of rotatable bonds is 22. The molecule has 0 amide bonds. The Morgan fingerprint density at radius 2 is 1.24 bits per heavy atom. The van der Waals surface area contributed by atoms with Crippen LogP contribution in [0.4, 0.5) is 5.69 Å². The maximum Gasteiger partial charge on any atom is 0.338 e. The molecule has 0 radical (unpaired) electrons. The van der Waals surface area contributed by atoms with Gasteiger partial charge in [0.05, 0.1) is 12.2 Å². The fourth-order valence-electron chi connectivity index (χ4n) is 4.36. The van der Waals surface area contributed by atoms with Gasteiger partial charge in [0.25, 0.3) is 0 Å². The molecule has 0 aliphatic rings. The van der Waals surface area contributed by atoms with Crippen molar-refractivity contribution >= 4 is 34.9 Å². The second kappa shape index (κ2) is 21.4. The molecule has 0 aliphatic carbocycles. The number of unbranched alkanes of at least 4 members (excludes halogenated alkanes) is 14. The van der Waals surface area contributed by atoms with Crippen LogP contribution in [0.5, 0.6) is 0 Å². The van der Waals surface area contributed by atoms with Crippen molar-refractivity contribution in [1.82, 2.24) is 0 Å². The van der Waals surface area contributed by atoms with E-state index < -0.39 is 0 Å². The molecule has 0 saturated carbocycles. The van der Waals surface area contributed by atoms with Gasteiger partial charge in [-0.15, -0.1) is 23.2 Å². The fraction of sp³-hybridized carbons (Fsp3) is 0.759. The summed E-state index contributed by atoms with van der Waals surface area (Å²) in [6.07, 6.45) is 19.9. The van der Waals surface area contributed by atoms with Crippen molar-refractivity contribution in [3.8, 4) is 0 Å². The first-order valence-corrected chi connectivity index (χ1v) is 14.9. The van der Waals surface area contributed by atoms with Crippen LogP contribution in [0.2, 0.25) is 0 Å². The maximum atomic E-state index is 12.5. The number of carbonyl (C=O) groups excluding carboxylic acids is 1. The molecule has 0 N–H and O–H groups in total. The number of hydrogen-bond acceptors (Lipinski definition) is 3. The first kappa shape index (κ1) is 31.1. The molecule has 1 aromatic rings. The summed E-state index contributed by atoms with van der Waals surface area (Å²) in [4.78, 5) is 14.6. The van der Waals surface area contributed by atoms with Crippen molar-refractivity contribution in [2.75, 3.05) is 36.4 Å². The summed E-state index contributed by atoms with van der Waals surface area (Å²) < 4.78 is 5.53. The first-order valence-electron chi connectivity index (χ1n) is 13.8. The Kier molecular flexibility index (Phi) is 19.5. The molecule has 0 unspecified atom stereocenters. The van der Waals surface area contributed by atoms with E-state index in [0.717, 1.165) is 24.1 Å². The van der Waals surface area contributed by atoms with Crippen molar-refractivity contribution in [2.24, 2.45) is 0 Å². The van der Waals surface area contributed by atoms with E-state index in [-0.39, 0.29) is 5.97 Å². The lowest BCUT2D eigenvalue weighted by Gasteiger charge is -2.25. The van der Waals surface area contributed by atoms with Gasteiger partial charge in [0.1, 0.15) is 0 Å². The monoisotopic (exact) mass is 513 g/mol. The summed E-state index contributed by atoms with van der Waals surface area (Å²) in [7, 11) is 0. The second-order valence-electron chi connectivity index (χ2n) is 9.45. The molecular weight excluding hydrogens is 465 g/mol. The van der Waals surface area contributed by atoms with Gasteiger partial charge in [-0.2, -0.15) is 0 Å². The summed E-state index contributed by atoms with van der Waals surface area (Å²) in [5.41, 5.74) is 2.70. The number of carbonyl (C=O) groups is 1. The molecule has 0 aliphatic heterocycles. The van der Waals surface area contributed by atoms with Gasteiger partial charge in [0.15, 0.2) is 0 Å². The van der Waals surface area contributed by atoms with Crippen molar-refractivity contribution in [2.45, 2.75) is 110 Å².